The maximum atomic E-state index is 12.2. The summed E-state index contributed by atoms with van der Waals surface area (Å²) in [6.07, 6.45) is -7.31. The van der Waals surface area contributed by atoms with Crippen LogP contribution >= 0.6 is 0 Å². The van der Waals surface area contributed by atoms with Gasteiger partial charge in [0.15, 0.2) is 17.6 Å². The van der Waals surface area contributed by atoms with Crippen molar-refractivity contribution in [3.8, 4) is 11.5 Å². The van der Waals surface area contributed by atoms with E-state index in [0.717, 1.165) is 18.2 Å². The number of aliphatic hydroxyl groups excluding tert-OH is 1. The van der Waals surface area contributed by atoms with Crippen molar-refractivity contribution in [1.29, 1.82) is 0 Å². The second-order valence-corrected chi connectivity index (χ2v) is 3.10. The van der Waals surface area contributed by atoms with Crippen LogP contribution in [-0.2, 0) is 0 Å². The minimum absolute atomic E-state index is 0.0803. The number of benzene rings is 1. The molecule has 1 atom stereocenters. The molecule has 0 aliphatic rings. The summed E-state index contributed by atoms with van der Waals surface area (Å²) in [5.74, 6) is -0.344. The molecular weight excluding hydrogens is 225 g/mol. The topological polar surface area (TPSA) is 49.7 Å². The predicted molar refractivity (Wildman–Crippen MR) is 50.3 cm³/mol. The number of halogens is 3. The van der Waals surface area contributed by atoms with Crippen LogP contribution in [0.5, 0.6) is 11.5 Å². The Kier molecular flexibility index (Phi) is 3.64. The number of alkyl halides is 3. The Morgan fingerprint density at radius 3 is 2.50 bits per heavy atom. The summed E-state index contributed by atoms with van der Waals surface area (Å²) >= 11 is 0. The molecule has 0 amide bonds. The van der Waals surface area contributed by atoms with E-state index in [-0.39, 0.29) is 23.7 Å². The van der Waals surface area contributed by atoms with Crippen LogP contribution in [-0.4, -0.2) is 23.0 Å². The Hall–Kier alpha value is -1.43. The van der Waals surface area contributed by atoms with Gasteiger partial charge in [0.05, 0.1) is 6.61 Å². The Balaban J connectivity index is 3.03. The van der Waals surface area contributed by atoms with E-state index in [1.165, 1.54) is 0 Å². The Morgan fingerprint density at radius 2 is 2.00 bits per heavy atom. The average Bonchev–Trinajstić information content (AvgIpc) is 2.19. The van der Waals surface area contributed by atoms with E-state index in [4.69, 9.17) is 9.84 Å². The second-order valence-electron chi connectivity index (χ2n) is 3.10. The number of aromatic hydroxyl groups is 1. The largest absolute Gasteiger partial charge is 0.504 e. The van der Waals surface area contributed by atoms with Crippen LogP contribution < -0.4 is 4.74 Å². The number of phenolic OH excluding ortho intramolecular Hbond substituents is 1. The van der Waals surface area contributed by atoms with Gasteiger partial charge in [-0.2, -0.15) is 13.2 Å². The smallest absolute Gasteiger partial charge is 0.418 e. The molecule has 0 aliphatic heterocycles. The minimum atomic E-state index is -4.74. The molecule has 0 spiro atoms. The van der Waals surface area contributed by atoms with Crippen LogP contribution in [0.1, 0.15) is 18.6 Å². The van der Waals surface area contributed by atoms with Gasteiger partial charge in [0.1, 0.15) is 0 Å². The molecule has 2 N–H and O–H groups in total. The first-order chi connectivity index (χ1) is 7.36. The minimum Gasteiger partial charge on any atom is -0.504 e. The maximum absolute atomic E-state index is 12.2. The first kappa shape index (κ1) is 12.6. The molecule has 3 nitrogen and oxygen atoms in total. The van der Waals surface area contributed by atoms with Crippen LogP contribution in [0.4, 0.5) is 13.2 Å². The quantitative estimate of drug-likeness (QED) is 0.847. The van der Waals surface area contributed by atoms with Gasteiger partial charge in [0.2, 0.25) is 0 Å². The fourth-order valence-corrected chi connectivity index (χ4v) is 1.16. The number of hydrogen-bond acceptors (Lipinski definition) is 3. The number of aliphatic hydroxyl groups is 1. The summed E-state index contributed by atoms with van der Waals surface area (Å²) in [6, 6.07) is 3.02. The molecule has 0 fully saturated rings. The van der Waals surface area contributed by atoms with Crippen molar-refractivity contribution in [2.24, 2.45) is 0 Å². The van der Waals surface area contributed by atoms with E-state index < -0.39 is 12.3 Å². The normalized spacial score (nSPS) is 13.6. The maximum Gasteiger partial charge on any atom is 0.418 e. The molecule has 0 bridgehead atoms. The molecule has 0 saturated carbocycles. The van der Waals surface area contributed by atoms with Gasteiger partial charge in [-0.25, -0.2) is 0 Å². The van der Waals surface area contributed by atoms with Gasteiger partial charge in [-0.1, -0.05) is 6.07 Å². The molecule has 1 rings (SSSR count). The SMILES string of the molecule is CCOc1cc(C(O)C(F)(F)F)ccc1O. The summed E-state index contributed by atoms with van der Waals surface area (Å²) in [6.45, 7) is 1.84. The summed E-state index contributed by atoms with van der Waals surface area (Å²) in [7, 11) is 0. The zero-order chi connectivity index (χ0) is 12.3. The molecular formula is C10H11F3O3. The molecule has 16 heavy (non-hydrogen) atoms. The van der Waals surface area contributed by atoms with Crippen molar-refractivity contribution in [1.82, 2.24) is 0 Å². The lowest BCUT2D eigenvalue weighted by Crippen LogP contribution is -2.20. The number of ether oxygens (including phenoxy) is 1. The molecule has 0 radical (unpaired) electrons. The molecule has 1 aromatic rings. The third-order valence-electron chi connectivity index (χ3n) is 1.91. The number of rotatable bonds is 3. The van der Waals surface area contributed by atoms with Crippen molar-refractivity contribution < 1.29 is 28.1 Å². The van der Waals surface area contributed by atoms with Crippen LogP contribution in [0.3, 0.4) is 0 Å². The van der Waals surface area contributed by atoms with Crippen LogP contribution in [0.2, 0.25) is 0 Å². The van der Waals surface area contributed by atoms with E-state index in [1.54, 1.807) is 6.92 Å². The standard InChI is InChI=1S/C10H11F3O3/c1-2-16-8-5-6(3-4-7(8)14)9(15)10(11,12)13/h3-5,9,14-15H,2H2,1H3. The molecule has 90 valence electrons. The van der Waals surface area contributed by atoms with Crippen molar-refractivity contribution in [3.05, 3.63) is 23.8 Å². The van der Waals surface area contributed by atoms with Gasteiger partial charge in [0.25, 0.3) is 0 Å². The predicted octanol–water partition coefficient (Wildman–Crippen LogP) is 2.39. The van der Waals surface area contributed by atoms with Gasteiger partial charge >= 0.3 is 6.18 Å². The first-order valence-electron chi connectivity index (χ1n) is 4.56. The highest BCUT2D eigenvalue weighted by Gasteiger charge is 2.39. The Labute approximate surface area is 90.1 Å². The number of hydrogen-bond donors (Lipinski definition) is 2. The van der Waals surface area contributed by atoms with Crippen molar-refractivity contribution in [3.63, 3.8) is 0 Å². The van der Waals surface area contributed by atoms with Gasteiger partial charge in [-0.05, 0) is 24.6 Å². The van der Waals surface area contributed by atoms with Gasteiger partial charge < -0.3 is 14.9 Å². The van der Waals surface area contributed by atoms with Crippen molar-refractivity contribution >= 4 is 0 Å². The zero-order valence-corrected chi connectivity index (χ0v) is 8.45. The van der Waals surface area contributed by atoms with Gasteiger partial charge in [-0.3, -0.25) is 0 Å². The highest BCUT2D eigenvalue weighted by molar-refractivity contribution is 5.42. The van der Waals surface area contributed by atoms with Crippen molar-refractivity contribution in [2.45, 2.75) is 19.2 Å². The summed E-state index contributed by atoms with van der Waals surface area (Å²) in [5, 5.41) is 18.2. The van der Waals surface area contributed by atoms with E-state index in [0.29, 0.717) is 0 Å². The van der Waals surface area contributed by atoms with E-state index >= 15 is 0 Å². The third kappa shape index (κ3) is 2.79. The van der Waals surface area contributed by atoms with Gasteiger partial charge in [-0.15, -0.1) is 0 Å². The molecule has 1 unspecified atom stereocenters. The molecule has 6 heteroatoms. The third-order valence-corrected chi connectivity index (χ3v) is 1.91. The van der Waals surface area contributed by atoms with E-state index in [1.807, 2.05) is 0 Å². The highest BCUT2D eigenvalue weighted by atomic mass is 19.4. The molecule has 0 heterocycles. The zero-order valence-electron chi connectivity index (χ0n) is 8.45. The van der Waals surface area contributed by atoms with E-state index in [2.05, 4.69) is 0 Å². The molecule has 0 aliphatic carbocycles. The van der Waals surface area contributed by atoms with Crippen LogP contribution in [0.15, 0.2) is 18.2 Å². The molecule has 0 aromatic heterocycles. The second kappa shape index (κ2) is 4.61. The first-order valence-corrected chi connectivity index (χ1v) is 4.56. The lowest BCUT2D eigenvalue weighted by Gasteiger charge is -2.16. The molecule has 0 saturated heterocycles. The summed E-state index contributed by atoms with van der Waals surface area (Å²) in [5.41, 5.74) is -0.367. The summed E-state index contributed by atoms with van der Waals surface area (Å²) < 4.78 is 41.5. The fraction of sp³-hybridized carbons (Fsp3) is 0.400. The van der Waals surface area contributed by atoms with Crippen LogP contribution in [0.25, 0.3) is 0 Å². The van der Waals surface area contributed by atoms with Crippen LogP contribution in [0, 0.1) is 0 Å². The number of phenols is 1. The molecule has 1 aromatic carbocycles. The Morgan fingerprint density at radius 1 is 1.38 bits per heavy atom. The fourth-order valence-electron chi connectivity index (χ4n) is 1.16. The van der Waals surface area contributed by atoms with Gasteiger partial charge in [0, 0.05) is 0 Å². The lowest BCUT2D eigenvalue weighted by molar-refractivity contribution is -0.206. The average molecular weight is 236 g/mol. The highest BCUT2D eigenvalue weighted by Crippen LogP contribution is 2.36. The lowest BCUT2D eigenvalue weighted by atomic mass is 10.1. The van der Waals surface area contributed by atoms with E-state index in [9.17, 15) is 18.3 Å². The monoisotopic (exact) mass is 236 g/mol. The Bertz CT molecular complexity index is 363. The van der Waals surface area contributed by atoms with Crippen molar-refractivity contribution in [2.75, 3.05) is 6.61 Å². The summed E-state index contributed by atoms with van der Waals surface area (Å²) in [4.78, 5) is 0.